The maximum atomic E-state index is 11.2. The number of carbonyl (C=O) groups excluding carboxylic acids is 1. The number of anilines is 1. The Morgan fingerprint density at radius 3 is 2.79 bits per heavy atom. The summed E-state index contributed by atoms with van der Waals surface area (Å²) in [5, 5.41) is 3.23. The average molecular weight is 232 g/mol. The van der Waals surface area contributed by atoms with Crippen molar-refractivity contribution < 1.29 is 4.79 Å². The minimum atomic E-state index is -0.120. The van der Waals surface area contributed by atoms with Crippen molar-refractivity contribution in [2.45, 2.75) is 13.3 Å². The fraction of sp³-hybridized carbons (Fsp3) is 0.300. The fourth-order valence-corrected chi connectivity index (χ4v) is 1.47. The summed E-state index contributed by atoms with van der Waals surface area (Å²) in [7, 11) is 0. The van der Waals surface area contributed by atoms with Crippen molar-refractivity contribution in [3.8, 4) is 0 Å². The minimum absolute atomic E-state index is 0.120. The molecule has 4 heteroatoms. The topological polar surface area (TPSA) is 29.1 Å². The Kier molecular flexibility index (Phi) is 4.23. The van der Waals surface area contributed by atoms with Crippen molar-refractivity contribution in [2.24, 2.45) is 0 Å². The molecule has 0 aromatic heterocycles. The molecule has 0 radical (unpaired) electrons. The van der Waals surface area contributed by atoms with Crippen LogP contribution in [0.1, 0.15) is 12.0 Å². The molecule has 0 aliphatic heterocycles. The monoisotopic (exact) mass is 231 g/mol. The van der Waals surface area contributed by atoms with Gasteiger partial charge < -0.3 is 5.32 Å². The molecule has 0 atom stereocenters. The molecule has 2 nitrogen and oxygen atoms in total. The average Bonchev–Trinajstić information content (AvgIpc) is 2.10. The van der Waals surface area contributed by atoms with E-state index in [1.807, 2.05) is 13.0 Å². The first-order chi connectivity index (χ1) is 6.63. The largest absolute Gasteiger partial charge is 0.325 e. The van der Waals surface area contributed by atoms with Crippen LogP contribution in [0.4, 0.5) is 5.69 Å². The lowest BCUT2D eigenvalue weighted by atomic mass is 10.2. The zero-order chi connectivity index (χ0) is 10.6. The predicted molar refractivity (Wildman–Crippen MR) is 60.2 cm³/mol. The first-order valence-electron chi connectivity index (χ1n) is 4.25. The van der Waals surface area contributed by atoms with E-state index in [-0.39, 0.29) is 5.91 Å². The summed E-state index contributed by atoms with van der Waals surface area (Å²) in [4.78, 5) is 11.2. The highest BCUT2D eigenvalue weighted by atomic mass is 35.5. The number of aryl methyl sites for hydroxylation is 1. The SMILES string of the molecule is Cc1ccc(NC(=O)CCCl)c(Cl)c1. The van der Waals surface area contributed by atoms with E-state index in [1.165, 1.54) is 0 Å². The molecule has 76 valence electrons. The van der Waals surface area contributed by atoms with Crippen molar-refractivity contribution >= 4 is 34.8 Å². The summed E-state index contributed by atoms with van der Waals surface area (Å²) < 4.78 is 0. The number of nitrogens with one attached hydrogen (secondary N) is 1. The maximum Gasteiger partial charge on any atom is 0.225 e. The zero-order valence-corrected chi connectivity index (χ0v) is 9.32. The standard InChI is InChI=1S/C10H11Cl2NO/c1-7-2-3-9(8(12)6-7)13-10(14)4-5-11/h2-3,6H,4-5H2,1H3,(H,13,14). The molecule has 1 aromatic rings. The van der Waals surface area contributed by atoms with Crippen LogP contribution >= 0.6 is 23.2 Å². The first-order valence-corrected chi connectivity index (χ1v) is 5.16. The molecular weight excluding hydrogens is 221 g/mol. The molecule has 0 aliphatic carbocycles. The van der Waals surface area contributed by atoms with Gasteiger partial charge in [-0.25, -0.2) is 0 Å². The molecule has 0 unspecified atom stereocenters. The first kappa shape index (κ1) is 11.3. The summed E-state index contributed by atoms with van der Waals surface area (Å²) in [5.41, 5.74) is 1.69. The van der Waals surface area contributed by atoms with Crippen LogP contribution in [0.15, 0.2) is 18.2 Å². The molecule has 1 N–H and O–H groups in total. The van der Waals surface area contributed by atoms with Crippen molar-refractivity contribution in [1.29, 1.82) is 0 Å². The second-order valence-electron chi connectivity index (χ2n) is 2.97. The van der Waals surface area contributed by atoms with Gasteiger partial charge in [0.05, 0.1) is 10.7 Å². The van der Waals surface area contributed by atoms with Crippen LogP contribution in [0.2, 0.25) is 5.02 Å². The third kappa shape index (κ3) is 3.20. The van der Waals surface area contributed by atoms with E-state index in [0.29, 0.717) is 23.0 Å². The lowest BCUT2D eigenvalue weighted by molar-refractivity contribution is -0.115. The Balaban J connectivity index is 2.72. The highest BCUT2D eigenvalue weighted by Gasteiger charge is 2.04. The van der Waals surface area contributed by atoms with Gasteiger partial charge in [-0.3, -0.25) is 4.79 Å². The highest BCUT2D eigenvalue weighted by molar-refractivity contribution is 6.33. The van der Waals surface area contributed by atoms with E-state index in [2.05, 4.69) is 5.32 Å². The highest BCUT2D eigenvalue weighted by Crippen LogP contribution is 2.22. The van der Waals surface area contributed by atoms with E-state index < -0.39 is 0 Å². The Morgan fingerprint density at radius 2 is 2.21 bits per heavy atom. The Morgan fingerprint density at radius 1 is 1.50 bits per heavy atom. The van der Waals surface area contributed by atoms with Gasteiger partial charge in [0.15, 0.2) is 0 Å². The molecule has 0 saturated heterocycles. The number of benzene rings is 1. The Hall–Kier alpha value is -0.730. The minimum Gasteiger partial charge on any atom is -0.325 e. The predicted octanol–water partition coefficient (Wildman–Crippen LogP) is 3.22. The van der Waals surface area contributed by atoms with E-state index in [4.69, 9.17) is 23.2 Å². The molecule has 0 spiro atoms. The molecule has 0 bridgehead atoms. The third-order valence-corrected chi connectivity index (χ3v) is 2.22. The zero-order valence-electron chi connectivity index (χ0n) is 7.81. The molecular formula is C10H11Cl2NO. The molecule has 0 fully saturated rings. The van der Waals surface area contributed by atoms with Crippen molar-refractivity contribution in [3.05, 3.63) is 28.8 Å². The van der Waals surface area contributed by atoms with Crippen LogP contribution in [-0.4, -0.2) is 11.8 Å². The summed E-state index contributed by atoms with van der Waals surface area (Å²) in [6, 6.07) is 5.48. The van der Waals surface area contributed by atoms with E-state index >= 15 is 0 Å². The molecule has 1 aromatic carbocycles. The van der Waals surface area contributed by atoms with Crippen LogP contribution in [-0.2, 0) is 4.79 Å². The Bertz CT molecular complexity index is 339. The van der Waals surface area contributed by atoms with Crippen LogP contribution in [0.5, 0.6) is 0 Å². The molecule has 0 heterocycles. The van der Waals surface area contributed by atoms with Gasteiger partial charge >= 0.3 is 0 Å². The van der Waals surface area contributed by atoms with Crippen LogP contribution in [0.3, 0.4) is 0 Å². The lowest BCUT2D eigenvalue weighted by Crippen LogP contribution is -2.11. The van der Waals surface area contributed by atoms with Gasteiger partial charge in [-0.2, -0.15) is 0 Å². The Labute approximate surface area is 93.2 Å². The second kappa shape index (κ2) is 5.23. The molecule has 0 saturated carbocycles. The number of alkyl halides is 1. The van der Waals surface area contributed by atoms with E-state index in [0.717, 1.165) is 5.56 Å². The van der Waals surface area contributed by atoms with Gasteiger partial charge in [-0.1, -0.05) is 17.7 Å². The third-order valence-electron chi connectivity index (χ3n) is 1.72. The van der Waals surface area contributed by atoms with Gasteiger partial charge in [0.1, 0.15) is 0 Å². The number of amides is 1. The molecule has 1 amide bonds. The quantitative estimate of drug-likeness (QED) is 0.796. The maximum absolute atomic E-state index is 11.2. The van der Waals surface area contributed by atoms with Gasteiger partial charge in [0.2, 0.25) is 5.91 Å². The summed E-state index contributed by atoms with van der Waals surface area (Å²) in [5.74, 6) is 0.195. The van der Waals surface area contributed by atoms with Crippen LogP contribution in [0.25, 0.3) is 0 Å². The van der Waals surface area contributed by atoms with E-state index in [9.17, 15) is 4.79 Å². The summed E-state index contributed by atoms with van der Waals surface area (Å²) in [6.07, 6.45) is 0.297. The van der Waals surface area contributed by atoms with Gasteiger partial charge in [-0.15, -0.1) is 11.6 Å². The van der Waals surface area contributed by atoms with Gasteiger partial charge in [-0.05, 0) is 24.6 Å². The molecule has 14 heavy (non-hydrogen) atoms. The van der Waals surface area contributed by atoms with E-state index in [1.54, 1.807) is 12.1 Å². The smallest absolute Gasteiger partial charge is 0.225 e. The number of halogens is 2. The molecule has 1 rings (SSSR count). The number of carbonyl (C=O) groups is 1. The number of rotatable bonds is 3. The lowest BCUT2D eigenvalue weighted by Gasteiger charge is -2.06. The molecule has 0 aliphatic rings. The summed E-state index contributed by atoms with van der Waals surface area (Å²) in [6.45, 7) is 1.94. The van der Waals surface area contributed by atoms with Gasteiger partial charge in [0, 0.05) is 12.3 Å². The van der Waals surface area contributed by atoms with Crippen LogP contribution < -0.4 is 5.32 Å². The number of hydrogen-bond donors (Lipinski definition) is 1. The fourth-order valence-electron chi connectivity index (χ4n) is 1.02. The number of hydrogen-bond acceptors (Lipinski definition) is 1. The summed E-state index contributed by atoms with van der Waals surface area (Å²) >= 11 is 11.4. The van der Waals surface area contributed by atoms with Crippen molar-refractivity contribution in [2.75, 3.05) is 11.2 Å². The second-order valence-corrected chi connectivity index (χ2v) is 3.76. The van der Waals surface area contributed by atoms with Crippen molar-refractivity contribution in [3.63, 3.8) is 0 Å². The van der Waals surface area contributed by atoms with Crippen LogP contribution in [0, 0.1) is 6.92 Å². The van der Waals surface area contributed by atoms with Crippen molar-refractivity contribution in [1.82, 2.24) is 0 Å². The normalized spacial score (nSPS) is 9.93. The van der Waals surface area contributed by atoms with Gasteiger partial charge in [0.25, 0.3) is 0 Å².